The topological polar surface area (TPSA) is 181 Å². The SMILES string of the molecule is CC(C)C(=O)Nc1nc2c(ncn2[C@H]2O[C@@H](COC(=O)C(C)C)[C@@H](OC(=O)C(C)C)[C@@H]2OC(=O)C(C)C)c(=O)[nH]1. The number of hydrogen-bond acceptors (Lipinski definition) is 11. The Balaban J connectivity index is 2.09. The summed E-state index contributed by atoms with van der Waals surface area (Å²) in [5.41, 5.74) is -0.667. The minimum absolute atomic E-state index is 0.0205. The molecule has 0 radical (unpaired) electrons. The fraction of sp³-hybridized carbons (Fsp3) is 0.654. The van der Waals surface area contributed by atoms with Crippen LogP contribution in [0.25, 0.3) is 11.2 Å². The number of hydrogen-bond donors (Lipinski definition) is 2. The lowest BCUT2D eigenvalue weighted by molar-refractivity contribution is -0.173. The lowest BCUT2D eigenvalue weighted by atomic mass is 10.1. The first-order valence-electron chi connectivity index (χ1n) is 13.2. The third kappa shape index (κ3) is 6.84. The number of esters is 3. The van der Waals surface area contributed by atoms with Crippen molar-refractivity contribution in [2.45, 2.75) is 79.9 Å². The molecule has 0 unspecified atom stereocenters. The molecule has 0 aliphatic carbocycles. The summed E-state index contributed by atoms with van der Waals surface area (Å²) < 4.78 is 24.4. The Hall–Kier alpha value is -3.81. The van der Waals surface area contributed by atoms with Crippen molar-refractivity contribution in [1.82, 2.24) is 19.5 Å². The van der Waals surface area contributed by atoms with Gasteiger partial charge >= 0.3 is 17.9 Å². The van der Waals surface area contributed by atoms with Crippen molar-refractivity contribution in [1.29, 1.82) is 0 Å². The van der Waals surface area contributed by atoms with Crippen LogP contribution in [0.1, 0.15) is 61.6 Å². The third-order valence-corrected chi connectivity index (χ3v) is 6.07. The van der Waals surface area contributed by atoms with E-state index >= 15 is 0 Å². The summed E-state index contributed by atoms with van der Waals surface area (Å²) in [6.45, 7) is 13.0. The minimum Gasteiger partial charge on any atom is -0.463 e. The smallest absolute Gasteiger partial charge is 0.308 e. The van der Waals surface area contributed by atoms with Gasteiger partial charge in [-0.2, -0.15) is 4.98 Å². The van der Waals surface area contributed by atoms with E-state index in [1.807, 2.05) is 0 Å². The van der Waals surface area contributed by atoms with Crippen LogP contribution in [0.15, 0.2) is 11.1 Å². The number of H-pyrrole nitrogens is 1. The highest BCUT2D eigenvalue weighted by atomic mass is 16.7. The molecule has 0 bridgehead atoms. The molecule has 40 heavy (non-hydrogen) atoms. The van der Waals surface area contributed by atoms with E-state index in [9.17, 15) is 24.0 Å². The summed E-state index contributed by atoms with van der Waals surface area (Å²) in [5, 5.41) is 2.54. The molecule has 1 saturated heterocycles. The second-order valence-corrected chi connectivity index (χ2v) is 10.8. The van der Waals surface area contributed by atoms with Crippen LogP contribution in [0.2, 0.25) is 0 Å². The van der Waals surface area contributed by atoms with Crippen LogP contribution in [0.3, 0.4) is 0 Å². The van der Waals surface area contributed by atoms with Gasteiger partial charge in [0.2, 0.25) is 11.9 Å². The van der Waals surface area contributed by atoms with Crippen LogP contribution in [-0.4, -0.2) is 68.3 Å². The van der Waals surface area contributed by atoms with Crippen LogP contribution in [0.5, 0.6) is 0 Å². The Kier molecular flexibility index (Phi) is 9.66. The number of carbonyl (C=O) groups is 4. The summed E-state index contributed by atoms with van der Waals surface area (Å²) in [6.07, 6.45) is -3.32. The summed E-state index contributed by atoms with van der Waals surface area (Å²) >= 11 is 0. The molecule has 1 aliphatic rings. The molecule has 0 aromatic carbocycles. The molecule has 2 aromatic heterocycles. The highest BCUT2D eigenvalue weighted by Gasteiger charge is 2.52. The van der Waals surface area contributed by atoms with Gasteiger partial charge in [0.15, 0.2) is 29.6 Å². The van der Waals surface area contributed by atoms with E-state index in [-0.39, 0.29) is 35.5 Å². The highest BCUT2D eigenvalue weighted by Crippen LogP contribution is 2.36. The molecular formula is C26H37N5O9. The fourth-order valence-corrected chi connectivity index (χ4v) is 3.64. The molecule has 4 atom stereocenters. The van der Waals surface area contributed by atoms with Gasteiger partial charge in [0.25, 0.3) is 5.56 Å². The summed E-state index contributed by atoms with van der Waals surface area (Å²) in [4.78, 5) is 73.6. The molecular weight excluding hydrogens is 526 g/mol. The standard InChI is InChI=1S/C26H37N5O9/c1-11(2)20(32)29-26-28-19-16(21(33)30-26)27-10-31(19)22-18(40-25(36)14(7)8)17(39-24(35)13(5)6)15(38-22)9-37-23(34)12(3)4/h10-15,17-18,22H,9H2,1-8H3,(H2,28,29,30,32,33)/t15-,17+,18-,22-/m0/s1. The van der Waals surface area contributed by atoms with E-state index in [0.717, 1.165) is 0 Å². The maximum atomic E-state index is 12.8. The number of carbonyl (C=O) groups excluding carboxylic acids is 4. The van der Waals surface area contributed by atoms with Gasteiger partial charge in [-0.15, -0.1) is 0 Å². The molecule has 220 valence electrons. The maximum absolute atomic E-state index is 12.8. The molecule has 2 N–H and O–H groups in total. The first-order chi connectivity index (χ1) is 18.7. The Labute approximate surface area is 231 Å². The van der Waals surface area contributed by atoms with Crippen LogP contribution >= 0.6 is 0 Å². The highest BCUT2D eigenvalue weighted by molar-refractivity contribution is 5.91. The summed E-state index contributed by atoms with van der Waals surface area (Å²) in [7, 11) is 0. The van der Waals surface area contributed by atoms with Crippen LogP contribution in [0.4, 0.5) is 5.95 Å². The van der Waals surface area contributed by atoms with Crippen molar-refractivity contribution in [2.75, 3.05) is 11.9 Å². The van der Waals surface area contributed by atoms with E-state index in [2.05, 4.69) is 20.3 Å². The Morgan fingerprint density at radius 2 is 1.50 bits per heavy atom. The molecule has 1 fully saturated rings. The third-order valence-electron chi connectivity index (χ3n) is 6.07. The zero-order chi connectivity index (χ0) is 29.9. The van der Waals surface area contributed by atoms with Gasteiger partial charge in [0.05, 0.1) is 24.1 Å². The van der Waals surface area contributed by atoms with Crippen molar-refractivity contribution in [3.63, 3.8) is 0 Å². The molecule has 14 heteroatoms. The number of nitrogens with one attached hydrogen (secondary N) is 2. The number of amides is 1. The predicted molar refractivity (Wildman–Crippen MR) is 141 cm³/mol. The quantitative estimate of drug-likeness (QED) is 0.318. The normalized spacial score (nSPS) is 20.9. The number of anilines is 1. The van der Waals surface area contributed by atoms with Crippen molar-refractivity contribution in [3.05, 3.63) is 16.7 Å². The zero-order valence-electron chi connectivity index (χ0n) is 23.9. The second kappa shape index (κ2) is 12.6. The van der Waals surface area contributed by atoms with Crippen LogP contribution < -0.4 is 10.9 Å². The van der Waals surface area contributed by atoms with Crippen LogP contribution in [0, 0.1) is 23.7 Å². The number of aromatic nitrogens is 4. The zero-order valence-corrected chi connectivity index (χ0v) is 23.9. The van der Waals surface area contributed by atoms with Crippen molar-refractivity contribution >= 4 is 40.9 Å². The Morgan fingerprint density at radius 3 is 2.05 bits per heavy atom. The number of rotatable bonds is 10. The summed E-state index contributed by atoms with van der Waals surface area (Å²) in [5.74, 6) is -4.00. The van der Waals surface area contributed by atoms with Gasteiger partial charge in [-0.1, -0.05) is 55.4 Å². The molecule has 1 amide bonds. The van der Waals surface area contributed by atoms with E-state index < -0.39 is 65.8 Å². The van der Waals surface area contributed by atoms with Gasteiger partial charge in [-0.05, 0) is 0 Å². The largest absolute Gasteiger partial charge is 0.463 e. The lowest BCUT2D eigenvalue weighted by Crippen LogP contribution is -2.42. The average molecular weight is 564 g/mol. The fourth-order valence-electron chi connectivity index (χ4n) is 3.64. The van der Waals surface area contributed by atoms with Crippen LogP contribution in [-0.2, 0) is 38.1 Å². The van der Waals surface area contributed by atoms with E-state index in [1.165, 1.54) is 10.9 Å². The predicted octanol–water partition coefficient (Wildman–Crippen LogP) is 1.95. The molecule has 1 aliphatic heterocycles. The number of imidazole rings is 1. The summed E-state index contributed by atoms with van der Waals surface area (Å²) in [6, 6.07) is 0. The first kappa shape index (κ1) is 30.7. The van der Waals surface area contributed by atoms with Crippen molar-refractivity contribution in [3.8, 4) is 0 Å². The van der Waals surface area contributed by atoms with Gasteiger partial charge in [0.1, 0.15) is 12.7 Å². The monoisotopic (exact) mass is 563 g/mol. The van der Waals surface area contributed by atoms with Crippen molar-refractivity contribution < 1.29 is 38.1 Å². The molecule has 14 nitrogen and oxygen atoms in total. The van der Waals surface area contributed by atoms with Gasteiger partial charge in [-0.25, -0.2) is 4.98 Å². The lowest BCUT2D eigenvalue weighted by Gasteiger charge is -2.26. The van der Waals surface area contributed by atoms with Crippen molar-refractivity contribution in [2.24, 2.45) is 23.7 Å². The molecule has 3 heterocycles. The Bertz CT molecular complexity index is 1310. The molecule has 0 spiro atoms. The Morgan fingerprint density at radius 1 is 0.925 bits per heavy atom. The number of nitrogens with zero attached hydrogens (tertiary/aromatic N) is 3. The minimum atomic E-state index is -1.22. The van der Waals surface area contributed by atoms with E-state index in [4.69, 9.17) is 18.9 Å². The van der Waals surface area contributed by atoms with Gasteiger partial charge in [0, 0.05) is 5.92 Å². The molecule has 2 aromatic rings. The second-order valence-electron chi connectivity index (χ2n) is 10.8. The van der Waals surface area contributed by atoms with Gasteiger partial charge < -0.3 is 18.9 Å². The number of aromatic amines is 1. The van der Waals surface area contributed by atoms with Gasteiger partial charge in [-0.3, -0.25) is 38.8 Å². The maximum Gasteiger partial charge on any atom is 0.308 e. The molecule has 0 saturated carbocycles. The molecule has 3 rings (SSSR count). The average Bonchev–Trinajstić information content (AvgIpc) is 3.43. The number of fused-ring (bicyclic) bond motifs is 1. The first-order valence-corrected chi connectivity index (χ1v) is 13.2. The van der Waals surface area contributed by atoms with E-state index in [1.54, 1.807) is 55.4 Å². The number of ether oxygens (including phenoxy) is 4. The van der Waals surface area contributed by atoms with E-state index in [0.29, 0.717) is 0 Å².